The van der Waals surface area contributed by atoms with Gasteiger partial charge in [-0.2, -0.15) is 0 Å². The fourth-order valence-corrected chi connectivity index (χ4v) is 2.74. The molecule has 0 bridgehead atoms. The number of aliphatic hydroxyl groups is 1. The van der Waals surface area contributed by atoms with E-state index in [0.717, 1.165) is 29.5 Å². The highest BCUT2D eigenvalue weighted by atomic mass is 16.5. The molecule has 0 radical (unpaired) electrons. The Morgan fingerprint density at radius 3 is 3.00 bits per heavy atom. The van der Waals surface area contributed by atoms with Crippen molar-refractivity contribution >= 4 is 10.9 Å². The number of fused-ring (bicyclic) bond motifs is 1. The number of benzene rings is 1. The summed E-state index contributed by atoms with van der Waals surface area (Å²) in [6.07, 6.45) is 2.68. The van der Waals surface area contributed by atoms with Crippen molar-refractivity contribution in [1.29, 1.82) is 0 Å². The van der Waals surface area contributed by atoms with Crippen LogP contribution in [-0.4, -0.2) is 23.3 Å². The van der Waals surface area contributed by atoms with Gasteiger partial charge in [0.2, 0.25) is 0 Å². The molecule has 94 valence electrons. The molecule has 0 spiro atoms. The molecule has 1 aromatic carbocycles. The zero-order valence-electron chi connectivity index (χ0n) is 10.5. The average molecular weight is 243 g/mol. The molecular weight excluding hydrogens is 226 g/mol. The van der Waals surface area contributed by atoms with Crippen LogP contribution in [-0.2, 0) is 10.3 Å². The van der Waals surface area contributed by atoms with Gasteiger partial charge < -0.3 is 9.84 Å². The summed E-state index contributed by atoms with van der Waals surface area (Å²) in [5, 5.41) is 11.9. The van der Waals surface area contributed by atoms with Crippen molar-refractivity contribution in [3.05, 3.63) is 42.1 Å². The molecule has 2 unspecified atom stereocenters. The molecule has 0 aliphatic carbocycles. The van der Waals surface area contributed by atoms with Gasteiger partial charge in [-0.05, 0) is 31.0 Å². The fourth-order valence-electron chi connectivity index (χ4n) is 2.74. The first-order valence-electron chi connectivity index (χ1n) is 6.34. The van der Waals surface area contributed by atoms with E-state index in [1.54, 1.807) is 6.20 Å². The summed E-state index contributed by atoms with van der Waals surface area (Å²) in [4.78, 5) is 4.34. The Morgan fingerprint density at radius 1 is 1.33 bits per heavy atom. The number of nitrogens with zero attached hydrogens (tertiary/aromatic N) is 1. The minimum absolute atomic E-state index is 0.156. The van der Waals surface area contributed by atoms with E-state index in [9.17, 15) is 5.11 Å². The lowest BCUT2D eigenvalue weighted by Crippen LogP contribution is -2.32. The van der Waals surface area contributed by atoms with E-state index in [-0.39, 0.29) is 5.92 Å². The number of aromatic nitrogens is 1. The third-order valence-electron chi connectivity index (χ3n) is 3.92. The molecule has 2 aromatic rings. The van der Waals surface area contributed by atoms with Crippen molar-refractivity contribution in [2.75, 3.05) is 13.2 Å². The van der Waals surface area contributed by atoms with Crippen molar-refractivity contribution in [3.63, 3.8) is 0 Å². The molecule has 2 atom stereocenters. The first kappa shape index (κ1) is 11.6. The summed E-state index contributed by atoms with van der Waals surface area (Å²) in [7, 11) is 0. The zero-order valence-corrected chi connectivity index (χ0v) is 10.5. The van der Waals surface area contributed by atoms with Gasteiger partial charge in [0.05, 0.1) is 17.7 Å². The maximum atomic E-state index is 10.9. The van der Waals surface area contributed by atoms with E-state index in [1.807, 2.05) is 37.3 Å². The molecule has 1 aromatic heterocycles. The van der Waals surface area contributed by atoms with Crippen LogP contribution in [0.5, 0.6) is 0 Å². The molecule has 3 heteroatoms. The second-order valence-electron chi connectivity index (χ2n) is 5.08. The molecule has 1 aliphatic rings. The maximum absolute atomic E-state index is 10.9. The van der Waals surface area contributed by atoms with Gasteiger partial charge in [0.25, 0.3) is 0 Å². The Morgan fingerprint density at radius 2 is 2.22 bits per heavy atom. The highest BCUT2D eigenvalue weighted by molar-refractivity contribution is 5.82. The standard InChI is InChI=1S/C15H17NO2/c1-15(17,11-7-9-18-10-11)13-5-2-6-14-12(13)4-3-8-16-14/h2-6,8,11,17H,7,9-10H2,1H3. The van der Waals surface area contributed by atoms with E-state index < -0.39 is 5.60 Å². The molecular formula is C15H17NO2. The molecule has 18 heavy (non-hydrogen) atoms. The molecule has 1 fully saturated rings. The van der Waals surface area contributed by atoms with Crippen LogP contribution in [0.1, 0.15) is 18.9 Å². The van der Waals surface area contributed by atoms with Gasteiger partial charge >= 0.3 is 0 Å². The van der Waals surface area contributed by atoms with E-state index in [1.165, 1.54) is 0 Å². The quantitative estimate of drug-likeness (QED) is 0.881. The Balaban J connectivity index is 2.13. The Labute approximate surface area is 106 Å². The van der Waals surface area contributed by atoms with Crippen LogP contribution in [0.2, 0.25) is 0 Å². The smallest absolute Gasteiger partial charge is 0.0925 e. The summed E-state index contributed by atoms with van der Waals surface area (Å²) >= 11 is 0. The summed E-state index contributed by atoms with van der Waals surface area (Å²) in [6, 6.07) is 9.84. The summed E-state index contributed by atoms with van der Waals surface area (Å²) in [6.45, 7) is 3.25. The van der Waals surface area contributed by atoms with Gasteiger partial charge in [0.1, 0.15) is 0 Å². The number of hydrogen-bond acceptors (Lipinski definition) is 3. The number of pyridine rings is 1. The van der Waals surface area contributed by atoms with Gasteiger partial charge in [-0.15, -0.1) is 0 Å². The van der Waals surface area contributed by atoms with Crippen LogP contribution in [0.3, 0.4) is 0 Å². The van der Waals surface area contributed by atoms with Crippen LogP contribution < -0.4 is 0 Å². The van der Waals surface area contributed by atoms with E-state index in [2.05, 4.69) is 4.98 Å². The van der Waals surface area contributed by atoms with Crippen LogP contribution in [0.4, 0.5) is 0 Å². The van der Waals surface area contributed by atoms with Crippen molar-refractivity contribution in [1.82, 2.24) is 4.98 Å². The van der Waals surface area contributed by atoms with Crippen molar-refractivity contribution in [2.24, 2.45) is 5.92 Å². The Kier molecular flexibility index (Phi) is 2.80. The lowest BCUT2D eigenvalue weighted by atomic mass is 9.81. The summed E-state index contributed by atoms with van der Waals surface area (Å²) in [5.41, 5.74) is 1.01. The van der Waals surface area contributed by atoms with Crippen LogP contribution in [0.25, 0.3) is 10.9 Å². The Bertz CT molecular complexity index is 554. The van der Waals surface area contributed by atoms with E-state index >= 15 is 0 Å². The molecule has 3 nitrogen and oxygen atoms in total. The average Bonchev–Trinajstić information content (AvgIpc) is 2.92. The SMILES string of the molecule is CC(O)(c1cccc2ncccc12)C1CCOC1. The zero-order chi connectivity index (χ0) is 12.6. The van der Waals surface area contributed by atoms with Gasteiger partial charge in [-0.25, -0.2) is 0 Å². The van der Waals surface area contributed by atoms with Crippen molar-refractivity contribution in [2.45, 2.75) is 18.9 Å². The molecule has 0 amide bonds. The number of rotatable bonds is 2. The fraction of sp³-hybridized carbons (Fsp3) is 0.400. The first-order chi connectivity index (χ1) is 8.69. The van der Waals surface area contributed by atoms with Crippen LogP contribution in [0, 0.1) is 5.92 Å². The lowest BCUT2D eigenvalue weighted by Gasteiger charge is -2.30. The van der Waals surface area contributed by atoms with Gasteiger partial charge in [0.15, 0.2) is 0 Å². The number of ether oxygens (including phenoxy) is 1. The highest BCUT2D eigenvalue weighted by Gasteiger charge is 2.37. The van der Waals surface area contributed by atoms with Crippen molar-refractivity contribution in [3.8, 4) is 0 Å². The largest absolute Gasteiger partial charge is 0.385 e. The monoisotopic (exact) mass is 243 g/mol. The Hall–Kier alpha value is -1.45. The maximum Gasteiger partial charge on any atom is 0.0925 e. The minimum atomic E-state index is -0.862. The van der Waals surface area contributed by atoms with E-state index in [0.29, 0.717) is 6.61 Å². The number of hydrogen-bond donors (Lipinski definition) is 1. The van der Waals surface area contributed by atoms with Gasteiger partial charge in [-0.1, -0.05) is 18.2 Å². The van der Waals surface area contributed by atoms with Gasteiger partial charge in [0, 0.05) is 24.1 Å². The van der Waals surface area contributed by atoms with Crippen LogP contribution >= 0.6 is 0 Å². The van der Waals surface area contributed by atoms with Gasteiger partial charge in [-0.3, -0.25) is 4.98 Å². The molecule has 0 saturated carbocycles. The lowest BCUT2D eigenvalue weighted by molar-refractivity contribution is -0.00841. The van der Waals surface area contributed by atoms with Crippen molar-refractivity contribution < 1.29 is 9.84 Å². The first-order valence-corrected chi connectivity index (χ1v) is 6.34. The van der Waals surface area contributed by atoms with Crippen LogP contribution in [0.15, 0.2) is 36.5 Å². The molecule has 1 aliphatic heterocycles. The highest BCUT2D eigenvalue weighted by Crippen LogP contribution is 2.37. The van der Waals surface area contributed by atoms with E-state index in [4.69, 9.17) is 4.74 Å². The predicted molar refractivity (Wildman–Crippen MR) is 70.2 cm³/mol. The molecule has 2 heterocycles. The third-order valence-corrected chi connectivity index (χ3v) is 3.92. The third kappa shape index (κ3) is 1.80. The molecule has 1 N–H and O–H groups in total. The summed E-state index contributed by atoms with van der Waals surface area (Å²) in [5.74, 6) is 0.156. The second kappa shape index (κ2) is 4.34. The molecule has 1 saturated heterocycles. The molecule has 3 rings (SSSR count). The second-order valence-corrected chi connectivity index (χ2v) is 5.08. The normalized spacial score (nSPS) is 23.1. The predicted octanol–water partition coefficient (Wildman–Crippen LogP) is 2.48. The minimum Gasteiger partial charge on any atom is -0.385 e. The topological polar surface area (TPSA) is 42.4 Å². The summed E-state index contributed by atoms with van der Waals surface area (Å²) < 4.78 is 5.40.